The van der Waals surface area contributed by atoms with Gasteiger partial charge in [-0.05, 0) is 12.8 Å². The lowest BCUT2D eigenvalue weighted by atomic mass is 10.5. The first-order valence-electron chi connectivity index (χ1n) is 4.72. The molecular formula is C9H11N5. The molecule has 0 radical (unpaired) electrons. The maximum atomic E-state index is 4.26. The first-order valence-corrected chi connectivity index (χ1v) is 4.72. The number of H-pyrrole nitrogens is 1. The molecule has 5 nitrogen and oxygen atoms in total. The zero-order valence-corrected chi connectivity index (χ0v) is 7.64. The Morgan fingerprint density at radius 1 is 1.50 bits per heavy atom. The Bertz CT molecular complexity index is 412. The van der Waals surface area contributed by atoms with Crippen LogP contribution in [-0.4, -0.2) is 25.8 Å². The third-order valence-electron chi connectivity index (χ3n) is 2.31. The Kier molecular flexibility index (Phi) is 1.56. The fraction of sp³-hybridized carbons (Fsp3) is 0.333. The van der Waals surface area contributed by atoms with Gasteiger partial charge in [-0.15, -0.1) is 0 Å². The molecule has 0 spiro atoms. The molecule has 1 saturated carbocycles. The first-order chi connectivity index (χ1) is 6.93. The van der Waals surface area contributed by atoms with Crippen LogP contribution in [0.2, 0.25) is 0 Å². The fourth-order valence-electron chi connectivity index (χ4n) is 1.40. The maximum absolute atomic E-state index is 4.26. The third-order valence-corrected chi connectivity index (χ3v) is 2.31. The lowest BCUT2D eigenvalue weighted by Crippen LogP contribution is -2.07. The number of nitrogens with zero attached hydrogens (tertiary/aromatic N) is 3. The van der Waals surface area contributed by atoms with Gasteiger partial charge in [-0.3, -0.25) is 9.67 Å². The van der Waals surface area contributed by atoms with Crippen molar-refractivity contribution in [3.63, 3.8) is 0 Å². The summed E-state index contributed by atoms with van der Waals surface area (Å²) in [6.07, 6.45) is 9.84. The summed E-state index contributed by atoms with van der Waals surface area (Å²) in [6.45, 7) is 0. The highest BCUT2D eigenvalue weighted by Gasteiger charge is 2.22. The highest BCUT2D eigenvalue weighted by Crippen LogP contribution is 2.24. The summed E-state index contributed by atoms with van der Waals surface area (Å²) < 4.78 is 1.99. The summed E-state index contributed by atoms with van der Waals surface area (Å²) in [7, 11) is 0. The van der Waals surface area contributed by atoms with Crippen LogP contribution < -0.4 is 5.32 Å². The van der Waals surface area contributed by atoms with E-state index in [4.69, 9.17) is 0 Å². The molecule has 1 fully saturated rings. The molecule has 0 atom stereocenters. The summed E-state index contributed by atoms with van der Waals surface area (Å²) in [4.78, 5) is 4.26. The molecule has 5 heteroatoms. The Labute approximate surface area is 81.2 Å². The van der Waals surface area contributed by atoms with E-state index in [0.717, 1.165) is 11.6 Å². The molecule has 1 aliphatic carbocycles. The smallest absolute Gasteiger partial charge is 0.207 e. The number of rotatable bonds is 3. The van der Waals surface area contributed by atoms with Gasteiger partial charge in [0.25, 0.3) is 0 Å². The van der Waals surface area contributed by atoms with E-state index in [1.807, 2.05) is 17.0 Å². The summed E-state index contributed by atoms with van der Waals surface area (Å²) in [5.41, 5.74) is 1.01. The first kappa shape index (κ1) is 7.61. The average Bonchev–Trinajstić information content (AvgIpc) is 2.68. The highest BCUT2D eigenvalue weighted by atomic mass is 15.2. The van der Waals surface area contributed by atoms with E-state index in [1.165, 1.54) is 12.8 Å². The van der Waals surface area contributed by atoms with Crippen molar-refractivity contribution in [3.05, 3.63) is 24.8 Å². The molecule has 2 aromatic heterocycles. The highest BCUT2D eigenvalue weighted by molar-refractivity contribution is 5.40. The van der Waals surface area contributed by atoms with Crippen LogP contribution in [0.5, 0.6) is 0 Å². The van der Waals surface area contributed by atoms with Gasteiger partial charge in [-0.1, -0.05) is 0 Å². The summed E-state index contributed by atoms with van der Waals surface area (Å²) in [5, 5.41) is 10.1. The van der Waals surface area contributed by atoms with Gasteiger partial charge in [0.05, 0.1) is 11.9 Å². The lowest BCUT2D eigenvalue weighted by molar-refractivity contribution is 1.00. The summed E-state index contributed by atoms with van der Waals surface area (Å²) >= 11 is 0. The van der Waals surface area contributed by atoms with Gasteiger partial charge >= 0.3 is 0 Å². The standard InChI is InChI=1S/C9H11N5/c1-2-7(1)13-9-10-3-4-14(9)8-5-11-12-6-8/h3-7H,1-2H2,(H,10,13)(H,11,12). The van der Waals surface area contributed by atoms with Crippen molar-refractivity contribution in [2.75, 3.05) is 5.32 Å². The number of aromatic amines is 1. The monoisotopic (exact) mass is 189 g/mol. The van der Waals surface area contributed by atoms with Gasteiger partial charge in [0.2, 0.25) is 5.95 Å². The van der Waals surface area contributed by atoms with Gasteiger partial charge in [0.1, 0.15) is 0 Å². The molecule has 0 amide bonds. The summed E-state index contributed by atoms with van der Waals surface area (Å²) in [6, 6.07) is 0.614. The van der Waals surface area contributed by atoms with Gasteiger partial charge in [-0.25, -0.2) is 4.98 Å². The maximum Gasteiger partial charge on any atom is 0.207 e. The van der Waals surface area contributed by atoms with E-state index in [-0.39, 0.29) is 0 Å². The van der Waals surface area contributed by atoms with E-state index in [0.29, 0.717) is 6.04 Å². The Morgan fingerprint density at radius 3 is 3.14 bits per heavy atom. The lowest BCUT2D eigenvalue weighted by Gasteiger charge is -2.05. The Balaban J connectivity index is 1.92. The van der Waals surface area contributed by atoms with Gasteiger partial charge < -0.3 is 5.32 Å². The number of aromatic nitrogens is 4. The quantitative estimate of drug-likeness (QED) is 0.762. The molecule has 1 aliphatic rings. The molecule has 2 aromatic rings. The van der Waals surface area contributed by atoms with Crippen molar-refractivity contribution < 1.29 is 0 Å². The molecule has 0 unspecified atom stereocenters. The average molecular weight is 189 g/mol. The molecule has 0 aliphatic heterocycles. The molecule has 72 valence electrons. The number of hydrogen-bond acceptors (Lipinski definition) is 3. The van der Waals surface area contributed by atoms with Crippen LogP contribution in [-0.2, 0) is 0 Å². The van der Waals surface area contributed by atoms with Crippen LogP contribution in [0.25, 0.3) is 5.69 Å². The van der Waals surface area contributed by atoms with E-state index in [2.05, 4.69) is 20.5 Å². The van der Waals surface area contributed by atoms with Crippen LogP contribution >= 0.6 is 0 Å². The minimum absolute atomic E-state index is 0.614. The number of nitrogens with one attached hydrogen (secondary N) is 2. The van der Waals surface area contributed by atoms with Crippen LogP contribution in [0.1, 0.15) is 12.8 Å². The van der Waals surface area contributed by atoms with Crippen molar-refractivity contribution in [1.82, 2.24) is 19.7 Å². The van der Waals surface area contributed by atoms with Crippen LogP contribution in [0.15, 0.2) is 24.8 Å². The van der Waals surface area contributed by atoms with Crippen molar-refractivity contribution in [3.8, 4) is 5.69 Å². The predicted octanol–water partition coefficient (Wildman–Crippen LogP) is 1.17. The second-order valence-electron chi connectivity index (χ2n) is 3.50. The van der Waals surface area contributed by atoms with E-state index in [9.17, 15) is 0 Å². The Hall–Kier alpha value is -1.78. The van der Waals surface area contributed by atoms with Crippen molar-refractivity contribution in [2.24, 2.45) is 0 Å². The van der Waals surface area contributed by atoms with Gasteiger partial charge in [-0.2, -0.15) is 5.10 Å². The largest absolute Gasteiger partial charge is 0.353 e. The number of hydrogen-bond donors (Lipinski definition) is 2. The molecule has 14 heavy (non-hydrogen) atoms. The SMILES string of the molecule is c1cn(-c2cn[nH]c2)c(NC2CC2)n1. The number of imidazole rings is 1. The molecule has 0 aromatic carbocycles. The molecule has 2 heterocycles. The normalized spacial score (nSPS) is 15.7. The van der Waals surface area contributed by atoms with Crippen molar-refractivity contribution in [1.29, 1.82) is 0 Å². The number of anilines is 1. The summed E-state index contributed by atoms with van der Waals surface area (Å²) in [5.74, 6) is 0.897. The minimum atomic E-state index is 0.614. The topological polar surface area (TPSA) is 58.5 Å². The van der Waals surface area contributed by atoms with Crippen molar-refractivity contribution >= 4 is 5.95 Å². The van der Waals surface area contributed by atoms with Crippen LogP contribution in [0.4, 0.5) is 5.95 Å². The van der Waals surface area contributed by atoms with Crippen LogP contribution in [0, 0.1) is 0 Å². The second-order valence-corrected chi connectivity index (χ2v) is 3.50. The second kappa shape index (κ2) is 2.87. The third kappa shape index (κ3) is 1.26. The predicted molar refractivity (Wildman–Crippen MR) is 52.4 cm³/mol. The molecule has 0 saturated heterocycles. The van der Waals surface area contributed by atoms with Crippen molar-refractivity contribution in [2.45, 2.75) is 18.9 Å². The molecule has 2 N–H and O–H groups in total. The zero-order valence-electron chi connectivity index (χ0n) is 7.64. The van der Waals surface area contributed by atoms with Gasteiger partial charge in [0.15, 0.2) is 0 Å². The molecular weight excluding hydrogens is 178 g/mol. The Morgan fingerprint density at radius 2 is 2.43 bits per heavy atom. The fourth-order valence-corrected chi connectivity index (χ4v) is 1.40. The van der Waals surface area contributed by atoms with E-state index >= 15 is 0 Å². The molecule has 3 rings (SSSR count). The van der Waals surface area contributed by atoms with E-state index in [1.54, 1.807) is 12.4 Å². The van der Waals surface area contributed by atoms with Gasteiger partial charge in [0, 0.05) is 24.6 Å². The van der Waals surface area contributed by atoms with Crippen LogP contribution in [0.3, 0.4) is 0 Å². The van der Waals surface area contributed by atoms with E-state index < -0.39 is 0 Å². The minimum Gasteiger partial charge on any atom is -0.353 e. The zero-order chi connectivity index (χ0) is 9.38. The molecule has 0 bridgehead atoms.